The van der Waals surface area contributed by atoms with Gasteiger partial charge < -0.3 is 10.2 Å². The maximum absolute atomic E-state index is 14.3. The number of amides is 1. The number of carbonyl (C=O) groups is 1. The van der Waals surface area contributed by atoms with Gasteiger partial charge in [-0.25, -0.2) is 8.78 Å². The molecule has 148 valence electrons. The summed E-state index contributed by atoms with van der Waals surface area (Å²) in [5.74, 6) is -1.78. The van der Waals surface area contributed by atoms with E-state index in [-0.39, 0.29) is 11.6 Å². The van der Waals surface area contributed by atoms with E-state index in [9.17, 15) is 13.6 Å². The zero-order valence-corrected chi connectivity index (χ0v) is 16.3. The van der Waals surface area contributed by atoms with Crippen LogP contribution in [0.1, 0.15) is 23.6 Å². The van der Waals surface area contributed by atoms with Gasteiger partial charge in [0, 0.05) is 17.3 Å². The van der Waals surface area contributed by atoms with Crippen LogP contribution in [-0.4, -0.2) is 12.5 Å². The minimum atomic E-state index is -0.968. The highest BCUT2D eigenvalue weighted by atomic mass is 35.5. The van der Waals surface area contributed by atoms with Gasteiger partial charge in [-0.3, -0.25) is 4.79 Å². The molecule has 29 heavy (non-hydrogen) atoms. The molecule has 3 aromatic carbocycles. The first-order valence-electron chi connectivity index (χ1n) is 9.40. The van der Waals surface area contributed by atoms with E-state index in [0.717, 1.165) is 36.2 Å². The average molecular weight is 413 g/mol. The smallest absolute Gasteiger partial charge is 0.254 e. The molecule has 0 bridgehead atoms. The predicted molar refractivity (Wildman–Crippen MR) is 111 cm³/mol. The van der Waals surface area contributed by atoms with Crippen LogP contribution < -0.4 is 10.2 Å². The zero-order chi connectivity index (χ0) is 20.4. The standard InChI is InChI=1S/C23H19ClF2N2O/c24-17-12-10-16(11-13-17)21(27-22-18(25)7-3-8-19(22)26)23(29)28-14-4-6-15-5-1-2-9-20(15)28/h1-3,5,7-13,21,27H,4,6,14H2. The minimum Gasteiger partial charge on any atom is -0.365 e. The highest BCUT2D eigenvalue weighted by molar-refractivity contribution is 6.30. The van der Waals surface area contributed by atoms with E-state index in [1.54, 1.807) is 29.2 Å². The molecule has 4 rings (SSSR count). The van der Waals surface area contributed by atoms with Crippen molar-refractivity contribution in [2.75, 3.05) is 16.8 Å². The quantitative estimate of drug-likeness (QED) is 0.591. The van der Waals surface area contributed by atoms with Gasteiger partial charge in [-0.15, -0.1) is 0 Å². The predicted octanol–water partition coefficient (Wildman–Crippen LogP) is 5.75. The number of halogens is 3. The summed E-state index contributed by atoms with van der Waals surface area (Å²) in [6, 6.07) is 17.0. The maximum atomic E-state index is 14.3. The Balaban J connectivity index is 1.74. The van der Waals surface area contributed by atoms with Gasteiger partial charge in [0.05, 0.1) is 0 Å². The molecule has 3 aromatic rings. The third kappa shape index (κ3) is 3.96. The van der Waals surface area contributed by atoms with Gasteiger partial charge in [-0.05, 0) is 54.3 Å². The highest BCUT2D eigenvalue weighted by Gasteiger charge is 2.31. The van der Waals surface area contributed by atoms with Crippen molar-refractivity contribution in [1.29, 1.82) is 0 Å². The van der Waals surface area contributed by atoms with E-state index >= 15 is 0 Å². The molecule has 6 heteroatoms. The SMILES string of the molecule is O=C(C(Nc1c(F)cccc1F)c1ccc(Cl)cc1)N1CCCc2ccccc21. The van der Waals surface area contributed by atoms with Crippen molar-refractivity contribution in [3.8, 4) is 0 Å². The lowest BCUT2D eigenvalue weighted by molar-refractivity contribution is -0.119. The van der Waals surface area contributed by atoms with Crippen molar-refractivity contribution in [1.82, 2.24) is 0 Å². The van der Waals surface area contributed by atoms with Gasteiger partial charge in [-0.1, -0.05) is 48.0 Å². The van der Waals surface area contributed by atoms with Gasteiger partial charge >= 0.3 is 0 Å². The topological polar surface area (TPSA) is 32.3 Å². The van der Waals surface area contributed by atoms with Crippen LogP contribution in [0.25, 0.3) is 0 Å². The Kier molecular flexibility index (Phi) is 5.49. The summed E-state index contributed by atoms with van der Waals surface area (Å²) >= 11 is 5.99. The summed E-state index contributed by atoms with van der Waals surface area (Å²) in [7, 11) is 0. The number of benzene rings is 3. The summed E-state index contributed by atoms with van der Waals surface area (Å²) in [5.41, 5.74) is 2.16. The molecule has 1 N–H and O–H groups in total. The van der Waals surface area contributed by atoms with E-state index in [0.29, 0.717) is 17.1 Å². The largest absolute Gasteiger partial charge is 0.365 e. The first kappa shape index (κ1) is 19.4. The average Bonchev–Trinajstić information content (AvgIpc) is 2.74. The van der Waals surface area contributed by atoms with Crippen LogP contribution in [0.2, 0.25) is 5.02 Å². The molecule has 0 fully saturated rings. The Bertz CT molecular complexity index is 1020. The van der Waals surface area contributed by atoms with E-state index in [1.165, 1.54) is 6.07 Å². The number of anilines is 2. The normalized spacial score (nSPS) is 14.2. The fourth-order valence-electron chi connectivity index (χ4n) is 3.64. The summed E-state index contributed by atoms with van der Waals surface area (Å²) in [6.07, 6.45) is 1.71. The number of aryl methyl sites for hydroxylation is 1. The summed E-state index contributed by atoms with van der Waals surface area (Å²) in [6.45, 7) is 0.543. The van der Waals surface area contributed by atoms with Crippen LogP contribution >= 0.6 is 11.6 Å². The van der Waals surface area contributed by atoms with Crippen LogP contribution in [-0.2, 0) is 11.2 Å². The third-order valence-corrected chi connectivity index (χ3v) is 5.33. The molecule has 3 nitrogen and oxygen atoms in total. The maximum Gasteiger partial charge on any atom is 0.254 e. The number of nitrogens with zero attached hydrogens (tertiary/aromatic N) is 1. The molecule has 0 aliphatic carbocycles. The van der Waals surface area contributed by atoms with Gasteiger partial charge in [0.25, 0.3) is 5.91 Å². The van der Waals surface area contributed by atoms with Crippen LogP contribution in [0.5, 0.6) is 0 Å². The molecular formula is C23H19ClF2N2O. The molecule has 1 aliphatic heterocycles. The summed E-state index contributed by atoms with van der Waals surface area (Å²) in [4.78, 5) is 15.2. The second-order valence-electron chi connectivity index (χ2n) is 6.95. The number of fused-ring (bicyclic) bond motifs is 1. The molecule has 1 unspecified atom stereocenters. The Hall–Kier alpha value is -2.92. The van der Waals surface area contributed by atoms with Crippen molar-refractivity contribution in [2.45, 2.75) is 18.9 Å². The van der Waals surface area contributed by atoms with E-state index < -0.39 is 17.7 Å². The molecule has 0 saturated heterocycles. The molecule has 0 aromatic heterocycles. The molecule has 1 aliphatic rings. The number of hydrogen-bond donors (Lipinski definition) is 1. The lowest BCUT2D eigenvalue weighted by atomic mass is 9.99. The number of rotatable bonds is 4. The van der Waals surface area contributed by atoms with Crippen molar-refractivity contribution in [3.63, 3.8) is 0 Å². The van der Waals surface area contributed by atoms with E-state index in [2.05, 4.69) is 5.32 Å². The Morgan fingerprint density at radius 1 is 0.966 bits per heavy atom. The van der Waals surface area contributed by atoms with Crippen LogP contribution in [0.3, 0.4) is 0 Å². The summed E-state index contributed by atoms with van der Waals surface area (Å²) in [5, 5.41) is 3.31. The Morgan fingerprint density at radius 3 is 2.38 bits per heavy atom. The first-order valence-corrected chi connectivity index (χ1v) is 9.77. The number of hydrogen-bond acceptors (Lipinski definition) is 2. The fourth-order valence-corrected chi connectivity index (χ4v) is 3.77. The first-order chi connectivity index (χ1) is 14.0. The second kappa shape index (κ2) is 8.21. The second-order valence-corrected chi connectivity index (χ2v) is 7.38. The van der Waals surface area contributed by atoms with Crippen molar-refractivity contribution < 1.29 is 13.6 Å². The Morgan fingerprint density at radius 2 is 1.66 bits per heavy atom. The molecule has 1 atom stereocenters. The zero-order valence-electron chi connectivity index (χ0n) is 15.5. The minimum absolute atomic E-state index is 0.276. The van der Waals surface area contributed by atoms with E-state index in [4.69, 9.17) is 11.6 Å². The molecule has 0 saturated carbocycles. The molecule has 0 spiro atoms. The van der Waals surface area contributed by atoms with Gasteiger partial charge in [-0.2, -0.15) is 0 Å². The van der Waals surface area contributed by atoms with Gasteiger partial charge in [0.2, 0.25) is 0 Å². The van der Waals surface area contributed by atoms with Crippen molar-refractivity contribution in [2.24, 2.45) is 0 Å². The van der Waals surface area contributed by atoms with Crippen LogP contribution in [0.4, 0.5) is 20.2 Å². The van der Waals surface area contributed by atoms with E-state index in [1.807, 2.05) is 24.3 Å². The van der Waals surface area contributed by atoms with Gasteiger partial charge in [0.1, 0.15) is 23.4 Å². The van der Waals surface area contributed by atoms with Crippen LogP contribution in [0, 0.1) is 11.6 Å². The highest BCUT2D eigenvalue weighted by Crippen LogP contribution is 2.32. The van der Waals surface area contributed by atoms with Crippen molar-refractivity contribution >= 4 is 28.9 Å². The molecular weight excluding hydrogens is 394 g/mol. The van der Waals surface area contributed by atoms with Gasteiger partial charge in [0.15, 0.2) is 0 Å². The molecule has 1 amide bonds. The number of carbonyl (C=O) groups excluding carboxylic acids is 1. The summed E-state index contributed by atoms with van der Waals surface area (Å²) < 4.78 is 28.6. The number of nitrogens with one attached hydrogen (secondary N) is 1. The lowest BCUT2D eigenvalue weighted by Crippen LogP contribution is -2.41. The molecule has 1 heterocycles. The Labute approximate surface area is 172 Å². The monoisotopic (exact) mass is 412 g/mol. The fraction of sp³-hybridized carbons (Fsp3) is 0.174. The van der Waals surface area contributed by atoms with Crippen LogP contribution in [0.15, 0.2) is 66.7 Å². The number of para-hydroxylation sites is 2. The molecule has 0 radical (unpaired) electrons. The lowest BCUT2D eigenvalue weighted by Gasteiger charge is -2.33. The third-order valence-electron chi connectivity index (χ3n) is 5.08. The van der Waals surface area contributed by atoms with Crippen molar-refractivity contribution in [3.05, 3.63) is 94.5 Å².